The number of aliphatic carboxylic acids is 1. The molecule has 0 spiro atoms. The highest BCUT2D eigenvalue weighted by Gasteiger charge is 2.35. The summed E-state index contributed by atoms with van der Waals surface area (Å²) in [6.45, 7) is 6.29. The molecule has 0 bridgehead atoms. The lowest BCUT2D eigenvalue weighted by Gasteiger charge is -2.25. The number of sulfonamides is 1. The van der Waals surface area contributed by atoms with Crippen molar-refractivity contribution < 1.29 is 50.7 Å². The van der Waals surface area contributed by atoms with E-state index in [9.17, 15) is 50.7 Å². The minimum atomic E-state index is -4.97. The number of rotatable bonds is 16. The number of carbonyl (C=O) groups is 5. The predicted octanol–water partition coefficient (Wildman–Crippen LogP) is 1.14. The Morgan fingerprint density at radius 2 is 1.60 bits per heavy atom. The lowest BCUT2D eigenvalue weighted by Crippen LogP contribution is -2.55. The summed E-state index contributed by atoms with van der Waals surface area (Å²) in [7, 11) is -4.78. The molecule has 4 amide bonds. The molecule has 7 N–H and O–H groups in total. The Labute approximate surface area is 251 Å². The van der Waals surface area contributed by atoms with Gasteiger partial charge in [-0.1, -0.05) is 39.3 Å². The molecule has 3 atom stereocenters. The first kappa shape index (κ1) is 37.6. The van der Waals surface area contributed by atoms with E-state index in [1.54, 1.807) is 32.4 Å². The van der Waals surface area contributed by atoms with Crippen molar-refractivity contribution in [3.8, 4) is 0 Å². The molecule has 1 aromatic carbocycles. The van der Waals surface area contributed by atoms with Gasteiger partial charge in [0.25, 0.3) is 0 Å². The quantitative estimate of drug-likeness (QED) is 0.151. The first-order valence-corrected chi connectivity index (χ1v) is 14.8. The number of carboxylic acid groups (broad SMARTS) is 1. The summed E-state index contributed by atoms with van der Waals surface area (Å²) in [5.74, 6) is -5.15. The Bertz CT molecular complexity index is 1310. The number of hydrogen-bond acceptors (Lipinski definition) is 7. The molecule has 0 saturated heterocycles. The molecule has 1 aromatic rings. The predicted molar refractivity (Wildman–Crippen MR) is 148 cm³/mol. The van der Waals surface area contributed by atoms with Crippen LogP contribution in [0.25, 0.3) is 0 Å². The molecule has 13 nitrogen and oxygen atoms in total. The van der Waals surface area contributed by atoms with Crippen molar-refractivity contribution in [2.45, 2.75) is 76.2 Å². The molecule has 0 heterocycles. The van der Waals surface area contributed by atoms with E-state index in [4.69, 9.17) is 17.3 Å². The number of nitrogens with two attached hydrogens (primary N) is 1. The molecular formula is C25H35ClF3N5O8S. The molecule has 0 radical (unpaired) electrons. The smallest absolute Gasteiger partial charge is 0.417 e. The number of amides is 4. The maximum absolute atomic E-state index is 13.1. The zero-order chi connectivity index (χ0) is 33.3. The van der Waals surface area contributed by atoms with Crippen molar-refractivity contribution in [1.82, 2.24) is 20.7 Å². The van der Waals surface area contributed by atoms with Crippen LogP contribution in [-0.4, -0.2) is 67.8 Å². The van der Waals surface area contributed by atoms with Gasteiger partial charge in [0.1, 0.15) is 18.1 Å². The van der Waals surface area contributed by atoms with E-state index < -0.39 is 98.8 Å². The topological polar surface area (TPSA) is 214 Å². The zero-order valence-corrected chi connectivity index (χ0v) is 25.3. The summed E-state index contributed by atoms with van der Waals surface area (Å²) in [5, 5.41) is 15.8. The minimum absolute atomic E-state index is 0.0543. The van der Waals surface area contributed by atoms with E-state index in [1.807, 2.05) is 0 Å². The fourth-order valence-electron chi connectivity index (χ4n) is 3.69. The van der Waals surface area contributed by atoms with Crippen LogP contribution in [0.3, 0.4) is 0 Å². The summed E-state index contributed by atoms with van der Waals surface area (Å²) >= 11 is 5.49. The van der Waals surface area contributed by atoms with Crippen LogP contribution in [0.15, 0.2) is 23.1 Å². The average molecular weight is 658 g/mol. The molecule has 0 aliphatic heterocycles. The molecule has 0 aromatic heterocycles. The van der Waals surface area contributed by atoms with Crippen molar-refractivity contribution in [3.63, 3.8) is 0 Å². The van der Waals surface area contributed by atoms with Crippen molar-refractivity contribution in [1.29, 1.82) is 0 Å². The van der Waals surface area contributed by atoms with Crippen LogP contribution in [-0.2, 0) is 40.2 Å². The Hall–Kier alpha value is -3.44. The SMILES string of the molecule is CC(C)C[C@H](NC(=O)CNC(=O)CC[C@H](NS(=O)(=O)c1ccc(Cl)c(C(F)(F)F)c1)C(=O)O)C(=O)N[C@H](C(N)=O)C(C)C. The third kappa shape index (κ3) is 12.4. The summed E-state index contributed by atoms with van der Waals surface area (Å²) in [4.78, 5) is 59.8. The Kier molecular flexibility index (Phi) is 13.9. The molecule has 0 fully saturated rings. The van der Waals surface area contributed by atoms with E-state index in [2.05, 4.69) is 16.0 Å². The van der Waals surface area contributed by atoms with Crippen LogP contribution in [0.5, 0.6) is 0 Å². The van der Waals surface area contributed by atoms with Gasteiger partial charge in [-0.25, -0.2) is 8.42 Å². The van der Waals surface area contributed by atoms with Gasteiger partial charge in [0.2, 0.25) is 33.7 Å². The maximum atomic E-state index is 13.1. The molecule has 0 saturated carbocycles. The van der Waals surface area contributed by atoms with Crippen LogP contribution in [0.2, 0.25) is 5.02 Å². The van der Waals surface area contributed by atoms with Gasteiger partial charge in [-0.15, -0.1) is 0 Å². The standard InChI is InChI=1S/C25H35ClF3N5O8S/c1-12(2)9-18(23(38)33-21(13(3)4)22(30)37)32-20(36)11-31-19(35)8-7-17(24(39)40)34-43(41,42)14-5-6-16(26)15(10-14)25(27,28)29/h5-6,10,12-13,17-18,21,34H,7-9,11H2,1-4H3,(H2,30,37)(H,31,35)(H,32,36)(H,33,38)(H,39,40)/t17-,18-,21-/m0/s1. The van der Waals surface area contributed by atoms with Gasteiger partial charge in [0.05, 0.1) is 22.0 Å². The zero-order valence-electron chi connectivity index (χ0n) is 23.7. The maximum Gasteiger partial charge on any atom is 0.417 e. The van der Waals surface area contributed by atoms with E-state index >= 15 is 0 Å². The van der Waals surface area contributed by atoms with Gasteiger partial charge in [-0.05, 0) is 42.9 Å². The van der Waals surface area contributed by atoms with Crippen LogP contribution in [0.4, 0.5) is 13.2 Å². The number of carboxylic acids is 1. The minimum Gasteiger partial charge on any atom is -0.480 e. The molecule has 1 rings (SSSR count). The number of carbonyl (C=O) groups excluding carboxylic acids is 4. The Morgan fingerprint density at radius 3 is 2.09 bits per heavy atom. The van der Waals surface area contributed by atoms with E-state index in [0.29, 0.717) is 6.07 Å². The largest absolute Gasteiger partial charge is 0.480 e. The second kappa shape index (κ2) is 15.9. The van der Waals surface area contributed by atoms with E-state index in [1.165, 1.54) is 0 Å². The van der Waals surface area contributed by atoms with Gasteiger partial charge < -0.3 is 26.8 Å². The Balaban J connectivity index is 2.81. The fraction of sp³-hybridized carbons (Fsp3) is 0.560. The van der Waals surface area contributed by atoms with Gasteiger partial charge in [0.15, 0.2) is 0 Å². The van der Waals surface area contributed by atoms with Crippen molar-refractivity contribution >= 4 is 51.2 Å². The summed E-state index contributed by atoms with van der Waals surface area (Å²) < 4.78 is 66.2. The molecule has 0 aliphatic carbocycles. The van der Waals surface area contributed by atoms with Crippen molar-refractivity contribution in [2.75, 3.05) is 6.54 Å². The van der Waals surface area contributed by atoms with E-state index in [0.717, 1.165) is 6.07 Å². The average Bonchev–Trinajstić information content (AvgIpc) is 2.86. The number of primary amides is 1. The second-order valence-corrected chi connectivity index (χ2v) is 12.5. The monoisotopic (exact) mass is 657 g/mol. The molecule has 0 aliphatic rings. The third-order valence-corrected chi connectivity index (χ3v) is 7.68. The van der Waals surface area contributed by atoms with Gasteiger partial charge in [0, 0.05) is 6.42 Å². The number of halogens is 4. The molecule has 43 heavy (non-hydrogen) atoms. The number of hydrogen-bond donors (Lipinski definition) is 6. The Morgan fingerprint density at radius 1 is 1.00 bits per heavy atom. The van der Waals surface area contributed by atoms with Gasteiger partial charge >= 0.3 is 12.1 Å². The van der Waals surface area contributed by atoms with Gasteiger partial charge in [-0.2, -0.15) is 17.9 Å². The lowest BCUT2D eigenvalue weighted by molar-refractivity contribution is -0.139. The molecule has 242 valence electrons. The number of alkyl halides is 3. The molecular weight excluding hydrogens is 623 g/mol. The molecule has 18 heteroatoms. The first-order chi connectivity index (χ1) is 19.6. The first-order valence-electron chi connectivity index (χ1n) is 12.9. The fourth-order valence-corrected chi connectivity index (χ4v) is 5.16. The van der Waals surface area contributed by atoms with Crippen LogP contribution in [0.1, 0.15) is 52.5 Å². The lowest BCUT2D eigenvalue weighted by atomic mass is 10.00. The number of benzene rings is 1. The van der Waals surface area contributed by atoms with Crippen LogP contribution < -0.4 is 26.4 Å². The third-order valence-electron chi connectivity index (χ3n) is 5.88. The highest BCUT2D eigenvalue weighted by atomic mass is 35.5. The highest BCUT2D eigenvalue weighted by molar-refractivity contribution is 7.89. The van der Waals surface area contributed by atoms with Crippen molar-refractivity contribution in [3.05, 3.63) is 28.8 Å². The second-order valence-electron chi connectivity index (χ2n) is 10.3. The van der Waals surface area contributed by atoms with Gasteiger partial charge in [-0.3, -0.25) is 24.0 Å². The van der Waals surface area contributed by atoms with Crippen LogP contribution >= 0.6 is 11.6 Å². The summed E-state index contributed by atoms with van der Waals surface area (Å²) in [6.07, 6.45) is -6.00. The number of nitrogens with one attached hydrogen (secondary N) is 4. The summed E-state index contributed by atoms with van der Waals surface area (Å²) in [6, 6.07) is -2.26. The van der Waals surface area contributed by atoms with Crippen molar-refractivity contribution in [2.24, 2.45) is 17.6 Å². The normalized spacial score (nSPS) is 14.1. The molecule has 0 unspecified atom stereocenters. The van der Waals surface area contributed by atoms with E-state index in [-0.39, 0.29) is 24.3 Å². The van der Waals surface area contributed by atoms with Crippen LogP contribution in [0, 0.1) is 11.8 Å². The summed E-state index contributed by atoms with van der Waals surface area (Å²) in [5.41, 5.74) is 3.88. The highest BCUT2D eigenvalue weighted by Crippen LogP contribution is 2.36.